The number of phenolic OH excluding ortho intramolecular Hbond substituents is 1. The van der Waals surface area contributed by atoms with Crippen molar-refractivity contribution in [2.24, 2.45) is 5.16 Å². The number of aromatic hydroxyl groups is 1. The van der Waals surface area contributed by atoms with Gasteiger partial charge in [0, 0.05) is 11.1 Å². The molecule has 0 aliphatic heterocycles. The summed E-state index contributed by atoms with van der Waals surface area (Å²) in [5, 5.41) is 23.1. The van der Waals surface area contributed by atoms with Crippen molar-refractivity contribution in [2.45, 2.75) is 0 Å². The van der Waals surface area contributed by atoms with E-state index in [-0.39, 0.29) is 5.75 Å². The Hall–Kier alpha value is -3.27. The summed E-state index contributed by atoms with van der Waals surface area (Å²) in [6, 6.07) is 22.1. The van der Waals surface area contributed by atoms with Gasteiger partial charge in [-0.15, -0.1) is 0 Å². The Morgan fingerprint density at radius 2 is 1.54 bits per heavy atom. The van der Waals surface area contributed by atoms with Crippen molar-refractivity contribution >= 4 is 5.71 Å². The molecule has 0 aliphatic carbocycles. The summed E-state index contributed by atoms with van der Waals surface area (Å²) < 4.78 is 5.17. The molecule has 0 bridgehead atoms. The van der Waals surface area contributed by atoms with Crippen molar-refractivity contribution in [3.05, 3.63) is 83.9 Å². The molecule has 0 aliphatic rings. The predicted molar refractivity (Wildman–Crippen MR) is 94.0 cm³/mol. The second-order valence-electron chi connectivity index (χ2n) is 5.28. The largest absolute Gasteiger partial charge is 0.507 e. The first-order chi connectivity index (χ1) is 11.7. The van der Waals surface area contributed by atoms with Crippen LogP contribution in [-0.4, -0.2) is 23.1 Å². The summed E-state index contributed by atoms with van der Waals surface area (Å²) >= 11 is 0. The van der Waals surface area contributed by atoms with Gasteiger partial charge in [-0.05, 0) is 35.4 Å². The van der Waals surface area contributed by atoms with E-state index < -0.39 is 0 Å². The number of nitrogens with zero attached hydrogens (tertiary/aromatic N) is 1. The Balaban J connectivity index is 2.05. The molecule has 0 fully saturated rings. The summed E-state index contributed by atoms with van der Waals surface area (Å²) in [6.07, 6.45) is 0. The second-order valence-corrected chi connectivity index (χ2v) is 5.28. The van der Waals surface area contributed by atoms with Gasteiger partial charge in [0.2, 0.25) is 0 Å². The topological polar surface area (TPSA) is 62.0 Å². The summed E-state index contributed by atoms with van der Waals surface area (Å²) in [6.45, 7) is 0. The zero-order valence-corrected chi connectivity index (χ0v) is 13.2. The third-order valence-corrected chi connectivity index (χ3v) is 3.82. The van der Waals surface area contributed by atoms with Crippen molar-refractivity contribution in [1.29, 1.82) is 0 Å². The third-order valence-electron chi connectivity index (χ3n) is 3.82. The SMILES string of the molecule is COc1ccc(-c2ccc(O)c(/C(=N/O)c3ccccc3)c2)cc1. The van der Waals surface area contributed by atoms with Crippen LogP contribution in [0, 0.1) is 0 Å². The van der Waals surface area contributed by atoms with Crippen molar-refractivity contribution in [1.82, 2.24) is 0 Å². The molecule has 0 amide bonds. The molecule has 3 rings (SSSR count). The number of hydrogen-bond acceptors (Lipinski definition) is 4. The van der Waals surface area contributed by atoms with Crippen LogP contribution >= 0.6 is 0 Å². The fourth-order valence-electron chi connectivity index (χ4n) is 2.55. The number of benzene rings is 3. The van der Waals surface area contributed by atoms with Crippen LogP contribution in [0.25, 0.3) is 11.1 Å². The molecular weight excluding hydrogens is 302 g/mol. The van der Waals surface area contributed by atoms with E-state index >= 15 is 0 Å². The highest BCUT2D eigenvalue weighted by Gasteiger charge is 2.13. The quantitative estimate of drug-likeness (QED) is 0.428. The first-order valence-electron chi connectivity index (χ1n) is 7.48. The molecule has 0 radical (unpaired) electrons. The molecule has 0 unspecified atom stereocenters. The van der Waals surface area contributed by atoms with E-state index in [0.717, 1.165) is 22.4 Å². The standard InChI is InChI=1S/C20H17NO3/c1-24-17-10-7-14(8-11-17)16-9-12-19(22)18(13-16)20(21-23)15-5-3-2-4-6-15/h2-13,22-23H,1H3/b21-20+. The van der Waals surface area contributed by atoms with E-state index in [2.05, 4.69) is 5.16 Å². The Kier molecular flexibility index (Phi) is 4.47. The summed E-state index contributed by atoms with van der Waals surface area (Å²) in [7, 11) is 1.62. The van der Waals surface area contributed by atoms with Crippen LogP contribution in [0.2, 0.25) is 0 Å². The molecule has 4 heteroatoms. The zero-order valence-electron chi connectivity index (χ0n) is 13.2. The Bertz CT molecular complexity index is 856. The van der Waals surface area contributed by atoms with Gasteiger partial charge >= 0.3 is 0 Å². The van der Waals surface area contributed by atoms with E-state index in [9.17, 15) is 10.3 Å². The first kappa shape index (κ1) is 15.6. The maximum absolute atomic E-state index is 10.2. The highest BCUT2D eigenvalue weighted by atomic mass is 16.5. The van der Waals surface area contributed by atoms with Crippen LogP contribution in [-0.2, 0) is 0 Å². The molecule has 4 nitrogen and oxygen atoms in total. The lowest BCUT2D eigenvalue weighted by atomic mass is 9.96. The third kappa shape index (κ3) is 3.08. The summed E-state index contributed by atoms with van der Waals surface area (Å²) in [4.78, 5) is 0. The molecule has 0 spiro atoms. The Morgan fingerprint density at radius 1 is 0.875 bits per heavy atom. The maximum Gasteiger partial charge on any atom is 0.125 e. The van der Waals surface area contributed by atoms with E-state index in [1.807, 2.05) is 60.7 Å². The van der Waals surface area contributed by atoms with Gasteiger partial charge in [-0.25, -0.2) is 0 Å². The first-order valence-corrected chi connectivity index (χ1v) is 7.48. The normalized spacial score (nSPS) is 11.3. The lowest BCUT2D eigenvalue weighted by molar-refractivity contribution is 0.319. The van der Waals surface area contributed by atoms with Gasteiger partial charge in [-0.1, -0.05) is 53.7 Å². The molecule has 0 saturated heterocycles. The molecule has 24 heavy (non-hydrogen) atoms. The lowest BCUT2D eigenvalue weighted by Crippen LogP contribution is -2.04. The van der Waals surface area contributed by atoms with Crippen molar-refractivity contribution < 1.29 is 15.1 Å². The van der Waals surface area contributed by atoms with Gasteiger partial charge < -0.3 is 15.1 Å². The molecule has 2 N–H and O–H groups in total. The highest BCUT2D eigenvalue weighted by molar-refractivity contribution is 6.14. The molecule has 0 atom stereocenters. The maximum atomic E-state index is 10.2. The van der Waals surface area contributed by atoms with Crippen LogP contribution in [0.3, 0.4) is 0 Å². The van der Waals surface area contributed by atoms with Crippen LogP contribution in [0.1, 0.15) is 11.1 Å². The Labute approximate surface area is 140 Å². The summed E-state index contributed by atoms with van der Waals surface area (Å²) in [5.74, 6) is 0.837. The fourth-order valence-corrected chi connectivity index (χ4v) is 2.55. The van der Waals surface area contributed by atoms with Gasteiger partial charge in [0.25, 0.3) is 0 Å². The van der Waals surface area contributed by atoms with Gasteiger partial charge in [0.05, 0.1) is 7.11 Å². The second kappa shape index (κ2) is 6.87. The van der Waals surface area contributed by atoms with Crippen LogP contribution in [0.5, 0.6) is 11.5 Å². The molecule has 0 heterocycles. The Morgan fingerprint density at radius 3 is 2.17 bits per heavy atom. The number of rotatable bonds is 4. The van der Waals surface area contributed by atoms with Crippen LogP contribution in [0.4, 0.5) is 0 Å². The summed E-state index contributed by atoms with van der Waals surface area (Å²) in [5.41, 5.74) is 3.40. The molecule has 0 saturated carbocycles. The number of phenols is 1. The molecule has 3 aromatic rings. The molecule has 3 aromatic carbocycles. The fraction of sp³-hybridized carbons (Fsp3) is 0.0500. The monoisotopic (exact) mass is 319 g/mol. The van der Waals surface area contributed by atoms with Crippen molar-refractivity contribution in [2.75, 3.05) is 7.11 Å². The van der Waals surface area contributed by atoms with Gasteiger partial charge in [0.15, 0.2) is 0 Å². The van der Waals surface area contributed by atoms with E-state index in [0.29, 0.717) is 11.3 Å². The lowest BCUT2D eigenvalue weighted by Gasteiger charge is -2.10. The molecule has 0 aromatic heterocycles. The van der Waals surface area contributed by atoms with Gasteiger partial charge in [-0.2, -0.15) is 0 Å². The van der Waals surface area contributed by atoms with Gasteiger partial charge in [-0.3, -0.25) is 0 Å². The van der Waals surface area contributed by atoms with E-state index in [4.69, 9.17) is 4.74 Å². The highest BCUT2D eigenvalue weighted by Crippen LogP contribution is 2.29. The minimum Gasteiger partial charge on any atom is -0.507 e. The van der Waals surface area contributed by atoms with Gasteiger partial charge in [0.1, 0.15) is 17.2 Å². The minimum absolute atomic E-state index is 0.0592. The van der Waals surface area contributed by atoms with Crippen molar-refractivity contribution in [3.63, 3.8) is 0 Å². The molecular formula is C20H17NO3. The zero-order chi connectivity index (χ0) is 16.9. The average Bonchev–Trinajstić information content (AvgIpc) is 2.65. The van der Waals surface area contributed by atoms with E-state index in [1.165, 1.54) is 0 Å². The van der Waals surface area contributed by atoms with Crippen LogP contribution in [0.15, 0.2) is 78.0 Å². The van der Waals surface area contributed by atoms with Crippen molar-refractivity contribution in [3.8, 4) is 22.6 Å². The molecule has 120 valence electrons. The average molecular weight is 319 g/mol. The van der Waals surface area contributed by atoms with E-state index in [1.54, 1.807) is 19.2 Å². The number of hydrogen-bond donors (Lipinski definition) is 2. The predicted octanol–water partition coefficient (Wildman–Crippen LogP) is 4.29. The minimum atomic E-state index is 0.0592. The smallest absolute Gasteiger partial charge is 0.125 e. The number of oxime groups is 1. The number of methoxy groups -OCH3 is 1. The number of ether oxygens (including phenoxy) is 1. The van der Waals surface area contributed by atoms with Crippen LogP contribution < -0.4 is 4.74 Å².